The van der Waals surface area contributed by atoms with E-state index in [1.807, 2.05) is 0 Å². The molecule has 9 nitrogen and oxygen atoms in total. The van der Waals surface area contributed by atoms with E-state index in [-0.39, 0.29) is 6.61 Å². The van der Waals surface area contributed by atoms with Crippen molar-refractivity contribution in [3.63, 3.8) is 0 Å². The first-order valence-corrected chi connectivity index (χ1v) is 11.2. The van der Waals surface area contributed by atoms with E-state index in [0.717, 1.165) is 0 Å². The van der Waals surface area contributed by atoms with E-state index in [9.17, 15) is 19.6 Å². The molecule has 33 heavy (non-hydrogen) atoms. The highest BCUT2D eigenvalue weighted by atomic mass is 79.9. The van der Waals surface area contributed by atoms with E-state index < -0.39 is 48.4 Å². The van der Waals surface area contributed by atoms with Crippen molar-refractivity contribution in [1.82, 2.24) is 0 Å². The average Bonchev–Trinajstić information content (AvgIpc) is 2.73. The van der Waals surface area contributed by atoms with Gasteiger partial charge in [0.1, 0.15) is 18.8 Å². The number of hydrogen-bond acceptors (Lipinski definition) is 9. The molecule has 0 aromatic heterocycles. The molecular formula is C23H26BrNO8. The third-order valence-electron chi connectivity index (χ3n) is 4.75. The molecular weight excluding hydrogens is 498 g/mol. The second-order valence-electron chi connectivity index (χ2n) is 7.49. The zero-order valence-electron chi connectivity index (χ0n) is 18.8. The number of halogens is 1. The van der Waals surface area contributed by atoms with Crippen molar-refractivity contribution in [1.29, 1.82) is 5.26 Å². The third-order valence-corrected chi connectivity index (χ3v) is 5.35. The van der Waals surface area contributed by atoms with Gasteiger partial charge < -0.3 is 23.7 Å². The van der Waals surface area contributed by atoms with Gasteiger partial charge in [-0.15, -0.1) is 0 Å². The lowest BCUT2D eigenvalue weighted by Crippen LogP contribution is -2.59. The number of nitriles is 1. The second kappa shape index (κ2) is 11.8. The van der Waals surface area contributed by atoms with Crippen molar-refractivity contribution in [2.45, 2.75) is 63.5 Å². The third kappa shape index (κ3) is 7.04. The summed E-state index contributed by atoms with van der Waals surface area (Å²) in [5.74, 6) is -1.47. The molecule has 0 amide bonds. The lowest BCUT2D eigenvalue weighted by molar-refractivity contribution is -0.251. The Hall–Kier alpha value is -2.90. The lowest BCUT2D eigenvalue weighted by Gasteiger charge is -2.45. The maximum absolute atomic E-state index is 12.0. The molecule has 1 saturated heterocycles. The van der Waals surface area contributed by atoms with Gasteiger partial charge in [0.2, 0.25) is 0 Å². The van der Waals surface area contributed by atoms with E-state index in [2.05, 4.69) is 28.6 Å². The molecule has 1 heterocycles. The molecule has 10 heteroatoms. The van der Waals surface area contributed by atoms with E-state index in [1.54, 1.807) is 25.1 Å². The predicted molar refractivity (Wildman–Crippen MR) is 119 cm³/mol. The number of ether oxygens (including phenoxy) is 5. The topological polar surface area (TPSA) is 121 Å². The summed E-state index contributed by atoms with van der Waals surface area (Å²) in [4.78, 5) is 35.3. The van der Waals surface area contributed by atoms with Gasteiger partial charge in [-0.1, -0.05) is 34.6 Å². The molecule has 1 aromatic carbocycles. The Morgan fingerprint density at radius 3 is 2.18 bits per heavy atom. The lowest BCUT2D eigenvalue weighted by atomic mass is 9.89. The summed E-state index contributed by atoms with van der Waals surface area (Å²) in [6.45, 7) is 8.83. The first-order valence-electron chi connectivity index (χ1n) is 10.1. The second-order valence-corrected chi connectivity index (χ2v) is 8.05. The fourth-order valence-electron chi connectivity index (χ4n) is 3.55. The van der Waals surface area contributed by atoms with Crippen LogP contribution >= 0.6 is 15.9 Å². The van der Waals surface area contributed by atoms with Crippen LogP contribution in [0.3, 0.4) is 0 Å². The summed E-state index contributed by atoms with van der Waals surface area (Å²) in [5.41, 5.74) is 1.77. The summed E-state index contributed by atoms with van der Waals surface area (Å²) in [6.07, 6.45) is -4.91. The van der Waals surface area contributed by atoms with Crippen molar-refractivity contribution >= 4 is 33.8 Å². The number of allylic oxidation sites excluding steroid dienone is 1. The quantitative estimate of drug-likeness (QED) is 0.218. The van der Waals surface area contributed by atoms with E-state index >= 15 is 0 Å². The summed E-state index contributed by atoms with van der Waals surface area (Å²) in [6, 6.07) is 7.18. The minimum Gasteiger partial charge on any atom is -0.488 e. The standard InChI is InChI=1S/C23H26BrNO8/c1-12(2)30-23-21(31-14(4)27)19(11-29-13(3)26)33-20(22(23)32-15(5)28)16-6-7-17(10-25)18(8-16)9-24/h6-8,19-23H,1,9,11H2,2-5H3/t19?,20-,21+,22-,23-/m0/s1. The predicted octanol–water partition coefficient (Wildman–Crippen LogP) is 3.24. The highest BCUT2D eigenvalue weighted by Crippen LogP contribution is 2.38. The van der Waals surface area contributed by atoms with Crippen LogP contribution < -0.4 is 0 Å². The van der Waals surface area contributed by atoms with Crippen molar-refractivity contribution in [3.05, 3.63) is 47.2 Å². The van der Waals surface area contributed by atoms with Gasteiger partial charge in [-0.3, -0.25) is 14.4 Å². The summed E-state index contributed by atoms with van der Waals surface area (Å²) in [7, 11) is 0. The van der Waals surface area contributed by atoms with Crippen molar-refractivity contribution in [2.75, 3.05) is 6.61 Å². The number of alkyl halides is 1. The van der Waals surface area contributed by atoms with Crippen LogP contribution in [0, 0.1) is 11.3 Å². The SMILES string of the molecule is C=C(C)O[C@@H]1[C@@H](OC(C)=O)[C@H](c2ccc(C#N)c(CBr)c2)OC(COC(C)=O)[C@H]1OC(C)=O. The molecule has 5 atom stereocenters. The Morgan fingerprint density at radius 1 is 1.03 bits per heavy atom. The van der Waals surface area contributed by atoms with Crippen LogP contribution in [0.15, 0.2) is 30.5 Å². The van der Waals surface area contributed by atoms with Crippen LogP contribution in [-0.4, -0.2) is 48.9 Å². The molecule has 1 aliphatic rings. The molecule has 0 bridgehead atoms. The Labute approximate surface area is 200 Å². The Balaban J connectivity index is 2.61. The van der Waals surface area contributed by atoms with E-state index in [0.29, 0.717) is 27.8 Å². The molecule has 1 aliphatic heterocycles. The van der Waals surface area contributed by atoms with Crippen LogP contribution in [-0.2, 0) is 43.4 Å². The first-order chi connectivity index (χ1) is 15.6. The molecule has 0 saturated carbocycles. The maximum Gasteiger partial charge on any atom is 0.303 e. The van der Waals surface area contributed by atoms with Gasteiger partial charge in [0.05, 0.1) is 17.4 Å². The molecule has 0 aliphatic carbocycles. The Kier molecular flexibility index (Phi) is 9.44. The average molecular weight is 524 g/mol. The number of hydrogen-bond donors (Lipinski definition) is 0. The fourth-order valence-corrected chi connectivity index (χ4v) is 4.01. The van der Waals surface area contributed by atoms with Crippen LogP contribution in [0.1, 0.15) is 50.5 Å². The molecule has 1 fully saturated rings. The van der Waals surface area contributed by atoms with Crippen molar-refractivity contribution in [2.24, 2.45) is 0 Å². The number of rotatable bonds is 8. The molecule has 0 spiro atoms. The molecule has 178 valence electrons. The van der Waals surface area contributed by atoms with Gasteiger partial charge >= 0.3 is 17.9 Å². The van der Waals surface area contributed by atoms with Crippen LogP contribution in [0.25, 0.3) is 0 Å². The monoisotopic (exact) mass is 523 g/mol. The maximum atomic E-state index is 12.0. The van der Waals surface area contributed by atoms with Gasteiger partial charge in [0.25, 0.3) is 0 Å². The highest BCUT2D eigenvalue weighted by Gasteiger charge is 2.52. The number of nitrogens with zero attached hydrogens (tertiary/aromatic N) is 1. The summed E-state index contributed by atoms with van der Waals surface area (Å²) < 4.78 is 28.3. The fraction of sp³-hybridized carbons (Fsp3) is 0.478. The smallest absolute Gasteiger partial charge is 0.303 e. The molecule has 0 radical (unpaired) electrons. The van der Waals surface area contributed by atoms with Gasteiger partial charge in [0.15, 0.2) is 18.3 Å². The minimum absolute atomic E-state index is 0.228. The minimum atomic E-state index is -1.06. The first kappa shape index (κ1) is 26.4. The Bertz CT molecular complexity index is 956. The van der Waals surface area contributed by atoms with Crippen LogP contribution in [0.5, 0.6) is 0 Å². The summed E-state index contributed by atoms with van der Waals surface area (Å²) >= 11 is 3.37. The number of benzene rings is 1. The van der Waals surface area contributed by atoms with Crippen LogP contribution in [0.2, 0.25) is 0 Å². The molecule has 0 N–H and O–H groups in total. The number of carbonyl (C=O) groups excluding carboxylic acids is 3. The van der Waals surface area contributed by atoms with Gasteiger partial charge in [-0.2, -0.15) is 5.26 Å². The van der Waals surface area contributed by atoms with E-state index in [4.69, 9.17) is 23.7 Å². The largest absolute Gasteiger partial charge is 0.488 e. The van der Waals surface area contributed by atoms with Crippen molar-refractivity contribution in [3.8, 4) is 6.07 Å². The number of carbonyl (C=O) groups is 3. The van der Waals surface area contributed by atoms with Crippen LogP contribution in [0.4, 0.5) is 0 Å². The van der Waals surface area contributed by atoms with Crippen molar-refractivity contribution < 1.29 is 38.1 Å². The Morgan fingerprint density at radius 2 is 1.67 bits per heavy atom. The zero-order valence-corrected chi connectivity index (χ0v) is 20.4. The summed E-state index contributed by atoms with van der Waals surface area (Å²) in [5, 5.41) is 9.76. The van der Waals surface area contributed by atoms with Gasteiger partial charge in [-0.05, 0) is 24.1 Å². The molecule has 2 rings (SSSR count). The highest BCUT2D eigenvalue weighted by molar-refractivity contribution is 9.08. The van der Waals surface area contributed by atoms with Gasteiger partial charge in [-0.25, -0.2) is 0 Å². The zero-order chi connectivity index (χ0) is 24.7. The normalized spacial score (nSPS) is 24.2. The molecule has 1 aromatic rings. The number of esters is 3. The van der Waals surface area contributed by atoms with E-state index in [1.165, 1.54) is 20.8 Å². The van der Waals surface area contributed by atoms with Gasteiger partial charge in [0, 0.05) is 26.1 Å². The molecule has 1 unspecified atom stereocenters.